The second kappa shape index (κ2) is 6.93. The fourth-order valence-electron chi connectivity index (χ4n) is 2.46. The predicted octanol–water partition coefficient (Wildman–Crippen LogP) is 3.57. The molecule has 0 saturated heterocycles. The molecule has 7 heteroatoms. The van der Waals surface area contributed by atoms with Gasteiger partial charge in [-0.3, -0.25) is 4.18 Å². The molecular weight excluding hydrogens is 290 g/mol. The highest BCUT2D eigenvalue weighted by Crippen LogP contribution is 2.27. The number of hydrogen-bond donors (Lipinski definition) is 0. The summed E-state index contributed by atoms with van der Waals surface area (Å²) in [6.45, 7) is 2.10. The average molecular weight is 309 g/mol. The van der Waals surface area contributed by atoms with Gasteiger partial charge in [0.2, 0.25) is 0 Å². The first-order valence-electron chi connectivity index (χ1n) is 7.01. The van der Waals surface area contributed by atoms with E-state index in [0.717, 1.165) is 31.2 Å². The highest BCUT2D eigenvalue weighted by Gasteiger charge is 2.23. The van der Waals surface area contributed by atoms with Gasteiger partial charge < -0.3 is 0 Å². The minimum absolute atomic E-state index is 0.0416. The Kier molecular flexibility index (Phi) is 5.22. The van der Waals surface area contributed by atoms with Crippen LogP contribution in [0.4, 0.5) is 0 Å². The summed E-state index contributed by atoms with van der Waals surface area (Å²) in [5, 5.41) is 3.70. The summed E-state index contributed by atoms with van der Waals surface area (Å²) in [4.78, 5) is 3.00. The minimum Gasteiger partial charge on any atom is -0.266 e. The lowest BCUT2D eigenvalue weighted by Crippen LogP contribution is -2.22. The predicted molar refractivity (Wildman–Crippen MR) is 79.2 cm³/mol. The van der Waals surface area contributed by atoms with Crippen LogP contribution in [0, 0.1) is 12.8 Å². The zero-order valence-electron chi connectivity index (χ0n) is 12.0. The molecule has 2 rings (SSSR count). The summed E-state index contributed by atoms with van der Waals surface area (Å²) < 4.78 is 29.3. The van der Waals surface area contributed by atoms with Crippen molar-refractivity contribution in [2.24, 2.45) is 11.0 Å². The molecule has 0 heterocycles. The average Bonchev–Trinajstić information content (AvgIpc) is 2.47. The van der Waals surface area contributed by atoms with Gasteiger partial charge in [-0.1, -0.05) is 22.8 Å². The normalized spacial score (nSPS) is 22.5. The van der Waals surface area contributed by atoms with Gasteiger partial charge in [-0.25, -0.2) is 0 Å². The molecule has 1 aliphatic carbocycles. The van der Waals surface area contributed by atoms with Crippen molar-refractivity contribution in [2.45, 2.75) is 43.5 Å². The molecule has 1 aromatic carbocycles. The first-order valence-corrected chi connectivity index (χ1v) is 8.42. The van der Waals surface area contributed by atoms with E-state index >= 15 is 0 Å². The topological polar surface area (TPSA) is 92.1 Å². The van der Waals surface area contributed by atoms with E-state index < -0.39 is 10.1 Å². The van der Waals surface area contributed by atoms with Gasteiger partial charge in [-0.15, -0.1) is 0 Å². The number of benzene rings is 1. The molecule has 0 aromatic heterocycles. The smallest absolute Gasteiger partial charge is 0.266 e. The van der Waals surface area contributed by atoms with Crippen LogP contribution < -0.4 is 0 Å². The van der Waals surface area contributed by atoms with Crippen molar-refractivity contribution < 1.29 is 12.6 Å². The van der Waals surface area contributed by atoms with Crippen molar-refractivity contribution in [2.75, 3.05) is 6.61 Å². The van der Waals surface area contributed by atoms with E-state index in [2.05, 4.69) is 10.0 Å². The molecule has 0 radical (unpaired) electrons. The Morgan fingerprint density at radius 2 is 1.86 bits per heavy atom. The monoisotopic (exact) mass is 309 g/mol. The van der Waals surface area contributed by atoms with Crippen molar-refractivity contribution in [3.63, 3.8) is 0 Å². The van der Waals surface area contributed by atoms with Crippen molar-refractivity contribution in [3.8, 4) is 0 Å². The molecule has 1 aromatic rings. The third kappa shape index (κ3) is 4.46. The maximum absolute atomic E-state index is 12.1. The van der Waals surface area contributed by atoms with Gasteiger partial charge in [0.15, 0.2) is 0 Å². The van der Waals surface area contributed by atoms with Crippen LogP contribution in [0.1, 0.15) is 31.2 Å². The first-order chi connectivity index (χ1) is 10.0. The molecule has 0 unspecified atom stereocenters. The minimum atomic E-state index is -3.68. The van der Waals surface area contributed by atoms with Gasteiger partial charge in [0.25, 0.3) is 10.1 Å². The summed E-state index contributed by atoms with van der Waals surface area (Å²) in [5.41, 5.74) is 9.40. The SMILES string of the molecule is Cc1ccc(S(=O)(=O)OCC2CCC(N=[N+]=[N-])CC2)cc1. The fourth-order valence-corrected chi connectivity index (χ4v) is 3.44. The number of rotatable bonds is 5. The molecule has 0 spiro atoms. The van der Waals surface area contributed by atoms with E-state index in [1.54, 1.807) is 24.3 Å². The van der Waals surface area contributed by atoms with E-state index in [1.165, 1.54) is 0 Å². The zero-order chi connectivity index (χ0) is 15.3. The second-order valence-corrected chi connectivity index (χ2v) is 7.05. The highest BCUT2D eigenvalue weighted by atomic mass is 32.2. The number of nitrogens with zero attached hydrogens (tertiary/aromatic N) is 3. The van der Waals surface area contributed by atoms with E-state index in [0.29, 0.717) is 0 Å². The Morgan fingerprint density at radius 1 is 1.24 bits per heavy atom. The van der Waals surface area contributed by atoms with E-state index in [4.69, 9.17) is 9.71 Å². The van der Waals surface area contributed by atoms with Crippen LogP contribution in [0.25, 0.3) is 10.4 Å². The summed E-state index contributed by atoms with van der Waals surface area (Å²) in [6, 6.07) is 6.66. The van der Waals surface area contributed by atoms with Gasteiger partial charge in [-0.2, -0.15) is 8.42 Å². The molecule has 0 atom stereocenters. The Hall–Kier alpha value is -1.56. The summed E-state index contributed by atoms with van der Waals surface area (Å²) in [5.74, 6) is 0.204. The molecule has 0 aliphatic heterocycles. The van der Waals surface area contributed by atoms with Crippen molar-refractivity contribution >= 4 is 10.1 Å². The first kappa shape index (κ1) is 15.8. The molecule has 21 heavy (non-hydrogen) atoms. The maximum atomic E-state index is 12.1. The van der Waals surface area contributed by atoms with Crippen molar-refractivity contribution in [1.82, 2.24) is 0 Å². The summed E-state index contributed by atoms with van der Waals surface area (Å²) >= 11 is 0. The Labute approximate surface area is 124 Å². The Balaban J connectivity index is 1.88. The lowest BCUT2D eigenvalue weighted by Gasteiger charge is -2.25. The van der Waals surface area contributed by atoms with Crippen LogP contribution in [-0.4, -0.2) is 21.1 Å². The number of hydrogen-bond acceptors (Lipinski definition) is 4. The summed E-state index contributed by atoms with van der Waals surface area (Å²) in [6.07, 6.45) is 3.24. The molecule has 0 amide bonds. The third-order valence-electron chi connectivity index (χ3n) is 3.80. The molecule has 1 fully saturated rings. The summed E-state index contributed by atoms with van der Waals surface area (Å²) in [7, 11) is -3.68. The van der Waals surface area contributed by atoms with E-state index in [-0.39, 0.29) is 23.5 Å². The van der Waals surface area contributed by atoms with Gasteiger partial charge in [-0.05, 0) is 56.2 Å². The van der Waals surface area contributed by atoms with Crippen molar-refractivity contribution in [1.29, 1.82) is 0 Å². The Morgan fingerprint density at radius 3 is 2.43 bits per heavy atom. The van der Waals surface area contributed by atoms with Gasteiger partial charge in [0, 0.05) is 11.0 Å². The van der Waals surface area contributed by atoms with E-state index in [1.807, 2.05) is 6.92 Å². The van der Waals surface area contributed by atoms with Crippen LogP contribution in [0.2, 0.25) is 0 Å². The molecule has 0 N–H and O–H groups in total. The molecule has 0 bridgehead atoms. The van der Waals surface area contributed by atoms with E-state index in [9.17, 15) is 8.42 Å². The fraction of sp³-hybridized carbons (Fsp3) is 0.571. The van der Waals surface area contributed by atoms with Crippen molar-refractivity contribution in [3.05, 3.63) is 40.3 Å². The second-order valence-electron chi connectivity index (χ2n) is 5.43. The molecule has 114 valence electrons. The van der Waals surface area contributed by atoms with Crippen LogP contribution >= 0.6 is 0 Å². The van der Waals surface area contributed by atoms with Gasteiger partial charge in [0.05, 0.1) is 11.5 Å². The quantitative estimate of drug-likeness (QED) is 0.360. The number of azide groups is 1. The highest BCUT2D eigenvalue weighted by molar-refractivity contribution is 7.86. The maximum Gasteiger partial charge on any atom is 0.296 e. The lowest BCUT2D eigenvalue weighted by molar-refractivity contribution is 0.205. The van der Waals surface area contributed by atoms with Crippen LogP contribution in [0.3, 0.4) is 0 Å². The lowest BCUT2D eigenvalue weighted by atomic mass is 9.87. The van der Waals surface area contributed by atoms with Crippen LogP contribution in [0.5, 0.6) is 0 Å². The standard InChI is InChI=1S/C14H19N3O3S/c1-11-2-8-14(9-3-11)21(18,19)20-10-12-4-6-13(7-5-12)16-17-15/h2-3,8-9,12-13H,4-7,10H2,1H3. The molecular formula is C14H19N3O3S. The molecule has 6 nitrogen and oxygen atoms in total. The number of aryl methyl sites for hydroxylation is 1. The molecule has 1 saturated carbocycles. The van der Waals surface area contributed by atoms with Gasteiger partial charge in [0.1, 0.15) is 0 Å². The zero-order valence-corrected chi connectivity index (χ0v) is 12.8. The van der Waals surface area contributed by atoms with Crippen LogP contribution in [0.15, 0.2) is 34.3 Å². The Bertz CT molecular complexity index is 613. The third-order valence-corrected chi connectivity index (χ3v) is 5.10. The largest absolute Gasteiger partial charge is 0.296 e. The molecule has 1 aliphatic rings. The van der Waals surface area contributed by atoms with Crippen LogP contribution in [-0.2, 0) is 14.3 Å². The van der Waals surface area contributed by atoms with Gasteiger partial charge >= 0.3 is 0 Å².